The van der Waals surface area contributed by atoms with Crippen molar-refractivity contribution in [1.82, 2.24) is 10.3 Å². The van der Waals surface area contributed by atoms with Crippen molar-refractivity contribution < 1.29 is 29.1 Å². The van der Waals surface area contributed by atoms with E-state index in [-0.39, 0.29) is 18.1 Å². The van der Waals surface area contributed by atoms with Crippen molar-refractivity contribution in [2.24, 2.45) is 5.92 Å². The van der Waals surface area contributed by atoms with E-state index in [4.69, 9.17) is 9.47 Å². The van der Waals surface area contributed by atoms with E-state index in [1.807, 2.05) is 0 Å². The molecule has 1 unspecified atom stereocenters. The Labute approximate surface area is 144 Å². The van der Waals surface area contributed by atoms with Crippen molar-refractivity contribution in [3.05, 3.63) is 27.9 Å². The van der Waals surface area contributed by atoms with Crippen LogP contribution < -0.4 is 10.1 Å². The number of nitrogens with zero attached hydrogens (tertiary/aromatic N) is 2. The first kappa shape index (κ1) is 20.1. The third-order valence-electron chi connectivity index (χ3n) is 2.84. The predicted molar refractivity (Wildman–Crippen MR) is 86.5 cm³/mol. The van der Waals surface area contributed by atoms with Crippen molar-refractivity contribution in [2.75, 3.05) is 13.2 Å². The second-order valence-electron chi connectivity index (χ2n) is 6.26. The first-order valence-corrected chi connectivity index (χ1v) is 7.44. The third kappa shape index (κ3) is 7.02. The van der Waals surface area contributed by atoms with Crippen LogP contribution in [-0.2, 0) is 9.53 Å². The van der Waals surface area contributed by atoms with Gasteiger partial charge in [-0.3, -0.25) is 14.9 Å². The molecule has 0 aliphatic rings. The largest absolute Gasteiger partial charge is 0.481 e. The number of carbonyl (C=O) groups excluding carboxylic acids is 1. The molecule has 1 rings (SSSR count). The lowest BCUT2D eigenvalue weighted by atomic mass is 10.1. The lowest BCUT2D eigenvalue weighted by molar-refractivity contribution is -0.386. The Balaban J connectivity index is 2.71. The molecule has 25 heavy (non-hydrogen) atoms. The molecule has 1 atom stereocenters. The van der Waals surface area contributed by atoms with Gasteiger partial charge in [0.25, 0.3) is 5.88 Å². The smallest absolute Gasteiger partial charge is 0.407 e. The highest BCUT2D eigenvalue weighted by atomic mass is 16.6. The summed E-state index contributed by atoms with van der Waals surface area (Å²) in [5, 5.41) is 22.5. The van der Waals surface area contributed by atoms with Crippen LogP contribution >= 0.6 is 0 Å². The van der Waals surface area contributed by atoms with Gasteiger partial charge in [-0.2, -0.15) is 0 Å². The van der Waals surface area contributed by atoms with Crippen LogP contribution in [0.25, 0.3) is 0 Å². The summed E-state index contributed by atoms with van der Waals surface area (Å²) >= 11 is 0. The molecule has 0 saturated carbocycles. The Morgan fingerprint density at radius 1 is 1.40 bits per heavy atom. The molecule has 10 nitrogen and oxygen atoms in total. The van der Waals surface area contributed by atoms with Gasteiger partial charge in [0.1, 0.15) is 18.1 Å². The number of hydrogen-bond acceptors (Lipinski definition) is 7. The zero-order valence-corrected chi connectivity index (χ0v) is 14.4. The second-order valence-corrected chi connectivity index (χ2v) is 6.26. The molecule has 2 N–H and O–H groups in total. The highest BCUT2D eigenvalue weighted by Crippen LogP contribution is 2.24. The van der Waals surface area contributed by atoms with Crippen LogP contribution in [0.2, 0.25) is 0 Å². The molecule has 0 aliphatic heterocycles. The first-order chi connectivity index (χ1) is 11.5. The van der Waals surface area contributed by atoms with E-state index in [1.165, 1.54) is 12.1 Å². The third-order valence-corrected chi connectivity index (χ3v) is 2.84. The predicted octanol–water partition coefficient (Wildman–Crippen LogP) is 1.90. The van der Waals surface area contributed by atoms with Crippen molar-refractivity contribution >= 4 is 17.7 Å². The maximum absolute atomic E-state index is 11.6. The summed E-state index contributed by atoms with van der Waals surface area (Å²) in [6, 6.07) is 2.68. The Morgan fingerprint density at radius 3 is 2.56 bits per heavy atom. The molecule has 10 heteroatoms. The molecule has 0 saturated heterocycles. The first-order valence-electron chi connectivity index (χ1n) is 7.44. The van der Waals surface area contributed by atoms with Gasteiger partial charge in [0, 0.05) is 18.3 Å². The number of alkyl carbamates (subject to hydrolysis) is 1. The highest BCUT2D eigenvalue weighted by molar-refractivity contribution is 5.72. The number of aliphatic carboxylic acids is 1. The van der Waals surface area contributed by atoms with Gasteiger partial charge in [0.15, 0.2) is 0 Å². The summed E-state index contributed by atoms with van der Waals surface area (Å²) in [6.07, 6.45) is -0.765. The minimum absolute atomic E-state index is 0.260. The van der Waals surface area contributed by atoms with Crippen LogP contribution in [0, 0.1) is 23.0 Å². The lowest BCUT2D eigenvalue weighted by Gasteiger charge is -2.20. The number of nitrogens with one attached hydrogen (secondary N) is 1. The van der Waals surface area contributed by atoms with Crippen molar-refractivity contribution in [3.8, 4) is 5.88 Å². The Hall–Kier alpha value is -2.91. The standard InChI is InChI=1S/C15H21N3O7/c1-9-5-6-11(18(22)23)12(17-9)24-8-10(13(19)20)7-16-14(21)25-15(2,3)4/h5-6,10H,7-8H2,1-4H3,(H,16,21)(H,19,20). The number of carbonyl (C=O) groups is 2. The quantitative estimate of drug-likeness (QED) is 0.558. The van der Waals surface area contributed by atoms with Crippen LogP contribution in [0.15, 0.2) is 12.1 Å². The van der Waals surface area contributed by atoms with Crippen LogP contribution in [0.5, 0.6) is 5.88 Å². The molecule has 0 aromatic carbocycles. The summed E-state index contributed by atoms with van der Waals surface area (Å²) in [5.74, 6) is -2.63. The molecule has 0 bridgehead atoms. The van der Waals surface area contributed by atoms with Gasteiger partial charge in [-0.15, -0.1) is 0 Å². The van der Waals surface area contributed by atoms with Crippen molar-refractivity contribution in [1.29, 1.82) is 0 Å². The maximum atomic E-state index is 11.6. The zero-order valence-electron chi connectivity index (χ0n) is 14.4. The number of amides is 1. The zero-order chi connectivity index (χ0) is 19.2. The van der Waals surface area contributed by atoms with E-state index in [2.05, 4.69) is 10.3 Å². The van der Waals surface area contributed by atoms with Gasteiger partial charge >= 0.3 is 17.7 Å². The van der Waals surface area contributed by atoms with Gasteiger partial charge in [-0.25, -0.2) is 9.78 Å². The molecule has 1 aromatic heterocycles. The van der Waals surface area contributed by atoms with Gasteiger partial charge in [0.2, 0.25) is 0 Å². The fourth-order valence-corrected chi connectivity index (χ4v) is 1.69. The van der Waals surface area contributed by atoms with E-state index in [0.29, 0.717) is 5.69 Å². The van der Waals surface area contributed by atoms with Crippen LogP contribution in [0.1, 0.15) is 26.5 Å². The average molecular weight is 355 g/mol. The summed E-state index contributed by atoms with van der Waals surface area (Å²) in [6.45, 7) is 5.98. The van der Waals surface area contributed by atoms with E-state index in [0.717, 1.165) is 0 Å². The van der Waals surface area contributed by atoms with Gasteiger partial charge in [-0.1, -0.05) is 0 Å². The average Bonchev–Trinajstić information content (AvgIpc) is 2.44. The molecule has 1 amide bonds. The normalized spacial score (nSPS) is 12.2. The topological polar surface area (TPSA) is 141 Å². The van der Waals surface area contributed by atoms with E-state index < -0.39 is 35.1 Å². The Bertz CT molecular complexity index is 655. The number of pyridine rings is 1. The summed E-state index contributed by atoms with van der Waals surface area (Å²) < 4.78 is 10.2. The Morgan fingerprint density at radius 2 is 2.04 bits per heavy atom. The number of aromatic nitrogens is 1. The van der Waals surface area contributed by atoms with Crippen molar-refractivity contribution in [2.45, 2.75) is 33.3 Å². The monoisotopic (exact) mass is 355 g/mol. The van der Waals surface area contributed by atoms with E-state index >= 15 is 0 Å². The van der Waals surface area contributed by atoms with Gasteiger partial charge in [-0.05, 0) is 33.8 Å². The molecule has 0 aliphatic carbocycles. The lowest BCUT2D eigenvalue weighted by Crippen LogP contribution is -2.39. The number of nitro groups is 1. The summed E-state index contributed by atoms with van der Waals surface area (Å²) in [4.78, 5) is 37.0. The van der Waals surface area contributed by atoms with Gasteiger partial charge in [0.05, 0.1) is 4.92 Å². The van der Waals surface area contributed by atoms with Crippen LogP contribution in [-0.4, -0.2) is 45.8 Å². The van der Waals surface area contributed by atoms with Crippen LogP contribution in [0.3, 0.4) is 0 Å². The van der Waals surface area contributed by atoms with E-state index in [1.54, 1.807) is 27.7 Å². The number of hydrogen-bond donors (Lipinski definition) is 2. The molecular formula is C15H21N3O7. The maximum Gasteiger partial charge on any atom is 0.407 e. The fourth-order valence-electron chi connectivity index (χ4n) is 1.69. The molecular weight excluding hydrogens is 334 g/mol. The summed E-state index contributed by atoms with van der Waals surface area (Å²) in [5.41, 5.74) is -0.597. The number of carboxylic acids is 1. The van der Waals surface area contributed by atoms with E-state index in [9.17, 15) is 24.8 Å². The van der Waals surface area contributed by atoms with Crippen molar-refractivity contribution in [3.63, 3.8) is 0 Å². The number of carboxylic acid groups (broad SMARTS) is 1. The minimum Gasteiger partial charge on any atom is -0.481 e. The molecule has 1 heterocycles. The highest BCUT2D eigenvalue weighted by Gasteiger charge is 2.24. The molecule has 0 radical (unpaired) electrons. The van der Waals surface area contributed by atoms with Crippen LogP contribution in [0.4, 0.5) is 10.5 Å². The molecule has 0 spiro atoms. The SMILES string of the molecule is Cc1ccc([N+](=O)[O-])c(OCC(CNC(=O)OC(C)(C)C)C(=O)O)n1. The second kappa shape index (κ2) is 8.27. The number of ether oxygens (including phenoxy) is 2. The molecule has 1 aromatic rings. The summed E-state index contributed by atoms with van der Waals surface area (Å²) in [7, 11) is 0. The number of aryl methyl sites for hydroxylation is 1. The molecule has 138 valence electrons. The van der Waals surface area contributed by atoms with Gasteiger partial charge < -0.3 is 19.9 Å². The fraction of sp³-hybridized carbons (Fsp3) is 0.533. The number of rotatable bonds is 7. The Kier molecular flexibility index (Phi) is 6.66. The minimum atomic E-state index is -1.23. The molecule has 0 fully saturated rings.